The molecule has 2 aromatic rings. The van der Waals surface area contributed by atoms with E-state index in [1.165, 1.54) is 0 Å². The summed E-state index contributed by atoms with van der Waals surface area (Å²) in [5.41, 5.74) is 1.94. The van der Waals surface area contributed by atoms with Gasteiger partial charge in [-0.3, -0.25) is 4.79 Å². The number of amides is 1. The minimum absolute atomic E-state index is 0.0245. The van der Waals surface area contributed by atoms with Gasteiger partial charge in [-0.05, 0) is 25.0 Å². The molecule has 0 bridgehead atoms. The second-order valence-corrected chi connectivity index (χ2v) is 6.08. The van der Waals surface area contributed by atoms with Crippen molar-refractivity contribution in [3.05, 3.63) is 40.3 Å². The molecule has 1 heterocycles. The number of hydrogen-bond donors (Lipinski definition) is 2. The van der Waals surface area contributed by atoms with Gasteiger partial charge in [0.25, 0.3) is 0 Å². The topological polar surface area (TPSA) is 63.2 Å². The number of methoxy groups -OCH3 is 1. The van der Waals surface area contributed by atoms with Crippen molar-refractivity contribution in [1.29, 1.82) is 0 Å². The number of carbonyl (C=O) groups excluding carboxylic acids is 1. The molecule has 1 atom stereocenters. The lowest BCUT2D eigenvalue weighted by molar-refractivity contribution is -0.122. The molecule has 0 unspecified atom stereocenters. The number of rotatable bonds is 8. The van der Waals surface area contributed by atoms with Gasteiger partial charge in [0, 0.05) is 17.1 Å². The van der Waals surface area contributed by atoms with Crippen LogP contribution in [0.3, 0.4) is 0 Å². The minimum atomic E-state index is -0.285. The summed E-state index contributed by atoms with van der Waals surface area (Å²) in [4.78, 5) is 16.8. The number of aromatic nitrogens is 1. The average Bonchev–Trinajstić information content (AvgIpc) is 3.05. The summed E-state index contributed by atoms with van der Waals surface area (Å²) in [6.45, 7) is 4.53. The first-order chi connectivity index (χ1) is 11.2. The lowest BCUT2D eigenvalue weighted by Crippen LogP contribution is -2.38. The lowest BCUT2D eigenvalue weighted by Gasteiger charge is -2.18. The zero-order chi connectivity index (χ0) is 16.7. The Labute approximate surface area is 141 Å². The predicted molar refractivity (Wildman–Crippen MR) is 94.0 cm³/mol. The highest BCUT2D eigenvalue weighted by molar-refractivity contribution is 7.09. The fourth-order valence-corrected chi connectivity index (χ4v) is 2.96. The molecule has 0 saturated carbocycles. The highest BCUT2D eigenvalue weighted by atomic mass is 32.1. The first-order valence-corrected chi connectivity index (χ1v) is 8.65. The fourth-order valence-electron chi connectivity index (χ4n) is 2.15. The zero-order valence-electron chi connectivity index (χ0n) is 13.8. The molecular weight excluding hydrogens is 310 g/mol. The van der Waals surface area contributed by atoms with E-state index < -0.39 is 0 Å². The van der Waals surface area contributed by atoms with Crippen LogP contribution in [0.25, 0.3) is 0 Å². The Bertz CT molecular complexity index is 642. The Hall–Kier alpha value is -2.08. The van der Waals surface area contributed by atoms with E-state index in [0.29, 0.717) is 13.0 Å². The average molecular weight is 333 g/mol. The largest absolute Gasteiger partial charge is 0.497 e. The van der Waals surface area contributed by atoms with Crippen LogP contribution in [0.4, 0.5) is 5.69 Å². The Morgan fingerprint density at radius 2 is 2.22 bits per heavy atom. The standard InChI is InChI=1S/C17H23N3O2S/c1-4-12-11-23-16(20-12)10-18-17(21)15(5-2)19-13-7-6-8-14(9-13)22-3/h6-9,11,15,19H,4-5,10H2,1-3H3,(H,18,21)/t15-/m0/s1. The predicted octanol–water partition coefficient (Wildman–Crippen LogP) is 3.22. The van der Waals surface area contributed by atoms with Gasteiger partial charge in [0.2, 0.25) is 5.91 Å². The van der Waals surface area contributed by atoms with Crippen molar-refractivity contribution in [2.75, 3.05) is 12.4 Å². The van der Waals surface area contributed by atoms with Crippen LogP contribution in [0.2, 0.25) is 0 Å². The normalized spacial score (nSPS) is 11.8. The number of thiazole rings is 1. The zero-order valence-corrected chi connectivity index (χ0v) is 14.6. The summed E-state index contributed by atoms with van der Waals surface area (Å²) in [5, 5.41) is 9.17. The van der Waals surface area contributed by atoms with Crippen molar-refractivity contribution in [3.63, 3.8) is 0 Å². The number of benzene rings is 1. The third-order valence-electron chi connectivity index (χ3n) is 3.51. The van der Waals surface area contributed by atoms with Crippen molar-refractivity contribution in [1.82, 2.24) is 10.3 Å². The fraction of sp³-hybridized carbons (Fsp3) is 0.412. The highest BCUT2D eigenvalue weighted by Gasteiger charge is 2.16. The molecule has 0 spiro atoms. The molecule has 0 aliphatic heterocycles. The van der Waals surface area contributed by atoms with Gasteiger partial charge in [-0.25, -0.2) is 4.98 Å². The SMILES string of the molecule is CCc1csc(CNC(=O)[C@H](CC)Nc2cccc(OC)c2)n1. The maximum atomic E-state index is 12.4. The van der Waals surface area contributed by atoms with E-state index in [-0.39, 0.29) is 11.9 Å². The Morgan fingerprint density at radius 1 is 1.39 bits per heavy atom. The molecule has 1 aromatic carbocycles. The number of nitrogens with zero attached hydrogens (tertiary/aromatic N) is 1. The summed E-state index contributed by atoms with van der Waals surface area (Å²) in [6, 6.07) is 7.29. The van der Waals surface area contributed by atoms with Crippen LogP contribution < -0.4 is 15.4 Å². The molecule has 5 nitrogen and oxygen atoms in total. The molecule has 0 aliphatic rings. The van der Waals surface area contributed by atoms with Crippen molar-refractivity contribution >= 4 is 22.9 Å². The number of ether oxygens (including phenoxy) is 1. The number of aryl methyl sites for hydroxylation is 1. The highest BCUT2D eigenvalue weighted by Crippen LogP contribution is 2.18. The third-order valence-corrected chi connectivity index (χ3v) is 4.41. The van der Waals surface area contributed by atoms with E-state index in [2.05, 4.69) is 22.5 Å². The number of anilines is 1. The van der Waals surface area contributed by atoms with E-state index in [9.17, 15) is 4.79 Å². The quantitative estimate of drug-likeness (QED) is 0.778. The lowest BCUT2D eigenvalue weighted by atomic mass is 10.2. The third kappa shape index (κ3) is 4.96. The van der Waals surface area contributed by atoms with Gasteiger partial charge in [-0.1, -0.05) is 19.9 Å². The van der Waals surface area contributed by atoms with Gasteiger partial charge in [-0.2, -0.15) is 0 Å². The molecule has 6 heteroatoms. The van der Waals surface area contributed by atoms with Crippen LogP contribution in [0, 0.1) is 0 Å². The molecule has 0 aliphatic carbocycles. The molecule has 1 amide bonds. The molecule has 0 saturated heterocycles. The van der Waals surface area contributed by atoms with Crippen LogP contribution >= 0.6 is 11.3 Å². The summed E-state index contributed by atoms with van der Waals surface area (Å²) < 4.78 is 5.20. The van der Waals surface area contributed by atoms with E-state index in [1.807, 2.05) is 36.6 Å². The Balaban J connectivity index is 1.92. The molecule has 2 N–H and O–H groups in total. The van der Waals surface area contributed by atoms with Crippen molar-refractivity contribution in [3.8, 4) is 5.75 Å². The van der Waals surface area contributed by atoms with Crippen molar-refractivity contribution < 1.29 is 9.53 Å². The van der Waals surface area contributed by atoms with E-state index in [4.69, 9.17) is 4.74 Å². The maximum absolute atomic E-state index is 12.4. The van der Waals surface area contributed by atoms with Gasteiger partial charge < -0.3 is 15.4 Å². The van der Waals surface area contributed by atoms with Gasteiger partial charge in [0.15, 0.2) is 0 Å². The van der Waals surface area contributed by atoms with Gasteiger partial charge in [0.1, 0.15) is 16.8 Å². The Kier molecular flexibility index (Phi) is 6.40. The van der Waals surface area contributed by atoms with E-state index >= 15 is 0 Å². The molecule has 0 fully saturated rings. The van der Waals surface area contributed by atoms with Crippen LogP contribution in [0.1, 0.15) is 31.0 Å². The van der Waals surface area contributed by atoms with Gasteiger partial charge >= 0.3 is 0 Å². The second-order valence-electron chi connectivity index (χ2n) is 5.14. The van der Waals surface area contributed by atoms with Crippen molar-refractivity contribution in [2.45, 2.75) is 39.3 Å². The van der Waals surface area contributed by atoms with Crippen LogP contribution in [-0.2, 0) is 17.8 Å². The number of carbonyl (C=O) groups is 1. The summed E-state index contributed by atoms with van der Waals surface area (Å²) >= 11 is 1.58. The molecule has 124 valence electrons. The first-order valence-electron chi connectivity index (χ1n) is 7.77. The maximum Gasteiger partial charge on any atom is 0.242 e. The molecule has 2 rings (SSSR count). The molecule has 23 heavy (non-hydrogen) atoms. The number of hydrogen-bond acceptors (Lipinski definition) is 5. The smallest absolute Gasteiger partial charge is 0.242 e. The summed E-state index contributed by atoms with van der Waals surface area (Å²) in [5.74, 6) is 0.740. The second kappa shape index (κ2) is 8.53. The monoisotopic (exact) mass is 333 g/mol. The van der Waals surface area contributed by atoms with E-state index in [0.717, 1.165) is 28.6 Å². The minimum Gasteiger partial charge on any atom is -0.497 e. The van der Waals surface area contributed by atoms with E-state index in [1.54, 1.807) is 18.4 Å². The van der Waals surface area contributed by atoms with Crippen LogP contribution in [-0.4, -0.2) is 24.0 Å². The first kappa shape index (κ1) is 17.3. The van der Waals surface area contributed by atoms with Gasteiger partial charge in [-0.15, -0.1) is 11.3 Å². The molecular formula is C17H23N3O2S. The van der Waals surface area contributed by atoms with Gasteiger partial charge in [0.05, 0.1) is 19.3 Å². The number of nitrogens with one attached hydrogen (secondary N) is 2. The summed E-state index contributed by atoms with van der Waals surface area (Å²) in [6.07, 6.45) is 1.61. The van der Waals surface area contributed by atoms with Crippen LogP contribution in [0.15, 0.2) is 29.6 Å². The summed E-state index contributed by atoms with van der Waals surface area (Å²) in [7, 11) is 1.63. The Morgan fingerprint density at radius 3 is 2.87 bits per heavy atom. The molecule has 0 radical (unpaired) electrons. The van der Waals surface area contributed by atoms with Crippen LogP contribution in [0.5, 0.6) is 5.75 Å². The molecule has 1 aromatic heterocycles. The van der Waals surface area contributed by atoms with Crippen molar-refractivity contribution in [2.24, 2.45) is 0 Å².